The van der Waals surface area contributed by atoms with Crippen LogP contribution >= 0.6 is 0 Å². The maximum Gasteiger partial charge on any atom is 0.303 e. The Kier molecular flexibility index (Phi) is 21.2. The summed E-state index contributed by atoms with van der Waals surface area (Å²) in [5.74, 6) is -3.02. The first-order valence-electron chi connectivity index (χ1n) is 30.0. The summed E-state index contributed by atoms with van der Waals surface area (Å²) in [7, 11) is 0. The number of hydrogen-bond donors (Lipinski definition) is 6. The molecule has 0 spiro atoms. The first kappa shape index (κ1) is 59.7. The number of pyridine rings is 4. The van der Waals surface area contributed by atoms with Crippen molar-refractivity contribution in [1.82, 2.24) is 19.9 Å². The highest BCUT2D eigenvalue weighted by Crippen LogP contribution is 2.38. The monoisotopic (exact) mass is 1130 g/mol. The van der Waals surface area contributed by atoms with Crippen LogP contribution in [0.2, 0.25) is 0 Å². The molecule has 8 bridgehead atoms. The van der Waals surface area contributed by atoms with Crippen LogP contribution in [0.15, 0.2) is 122 Å². The molecule has 434 valence electrons. The molecule has 0 radical (unpaired) electrons. The minimum absolute atomic E-state index is 0.194. The molecule has 2 aliphatic heterocycles. The lowest BCUT2D eigenvalue weighted by atomic mass is 10.0. The van der Waals surface area contributed by atoms with Crippen molar-refractivity contribution in [2.45, 2.75) is 155 Å². The molecule has 0 amide bonds. The molecular weight excluding hydrogens is 1060 g/mol. The van der Waals surface area contributed by atoms with Gasteiger partial charge in [-0.05, 0) is 122 Å². The molecular formula is C68H78N8O8+4. The molecule has 7 aromatic heterocycles. The van der Waals surface area contributed by atoms with Gasteiger partial charge in [0.2, 0.25) is 0 Å². The van der Waals surface area contributed by atoms with Crippen molar-refractivity contribution in [3.63, 3.8) is 0 Å². The Morgan fingerprint density at radius 2 is 0.524 bits per heavy atom. The summed E-state index contributed by atoms with van der Waals surface area (Å²) in [4.78, 5) is 63.1. The van der Waals surface area contributed by atoms with Gasteiger partial charge in [-0.2, -0.15) is 0 Å². The van der Waals surface area contributed by atoms with Crippen molar-refractivity contribution < 1.29 is 57.9 Å². The minimum Gasteiger partial charge on any atom is -0.481 e. The van der Waals surface area contributed by atoms with E-state index < -0.39 is 23.9 Å². The van der Waals surface area contributed by atoms with Crippen LogP contribution < -0.4 is 18.3 Å². The summed E-state index contributed by atoms with van der Waals surface area (Å²) in [6.07, 6.45) is 39.8. The van der Waals surface area contributed by atoms with E-state index in [1.54, 1.807) is 0 Å². The molecule has 0 saturated heterocycles. The van der Waals surface area contributed by atoms with Gasteiger partial charge in [0, 0.05) is 144 Å². The van der Waals surface area contributed by atoms with Crippen LogP contribution in [0.1, 0.15) is 151 Å². The molecule has 16 nitrogen and oxygen atoms in total. The van der Waals surface area contributed by atoms with Gasteiger partial charge in [-0.15, -0.1) is 0 Å². The molecule has 9 heterocycles. The molecule has 9 rings (SSSR count). The number of rotatable bonds is 32. The van der Waals surface area contributed by atoms with E-state index >= 15 is 0 Å². The number of fused-ring (bicyclic) bond motifs is 8. The largest absolute Gasteiger partial charge is 0.481 e. The summed E-state index contributed by atoms with van der Waals surface area (Å²) in [5, 5.41) is 36.4. The van der Waals surface area contributed by atoms with Gasteiger partial charge in [0.15, 0.2) is 49.6 Å². The highest BCUT2D eigenvalue weighted by atomic mass is 16.4. The molecule has 0 saturated carbocycles. The first-order valence-corrected chi connectivity index (χ1v) is 30.0. The number of unbranched alkanes of at least 4 members (excludes halogenated alkanes) is 12. The predicted molar refractivity (Wildman–Crippen MR) is 324 cm³/mol. The number of aromatic amines is 2. The van der Waals surface area contributed by atoms with E-state index in [-0.39, 0.29) is 25.7 Å². The number of aryl methyl sites for hydroxylation is 4. The second-order valence-electron chi connectivity index (χ2n) is 22.0. The fourth-order valence-electron chi connectivity index (χ4n) is 11.2. The molecule has 6 N–H and O–H groups in total. The van der Waals surface area contributed by atoms with Crippen molar-refractivity contribution in [3.05, 3.63) is 145 Å². The summed E-state index contributed by atoms with van der Waals surface area (Å²) < 4.78 is 8.71. The van der Waals surface area contributed by atoms with Gasteiger partial charge in [-0.25, -0.2) is 28.2 Å². The maximum atomic E-state index is 11.1. The van der Waals surface area contributed by atoms with Crippen LogP contribution in [-0.4, -0.2) is 64.2 Å². The lowest BCUT2D eigenvalue weighted by Crippen LogP contribution is -2.32. The zero-order valence-corrected chi connectivity index (χ0v) is 47.9. The second kappa shape index (κ2) is 29.9. The Morgan fingerprint density at radius 3 is 0.798 bits per heavy atom. The average Bonchev–Trinajstić information content (AvgIpc) is 2.42. The SMILES string of the molecule is O=C(O)CCCCCC[n+]1ccc(-c2c3nc(c(-c4cc[n+](CCCCCCC(=O)O)cc4)c4ccc([nH]4)c(-c4cc[n+](CCCCCCC(=O)O)cc4)c4ccc([nH]4)c(-c4cc[n+](CCCCCCC(=O)O)cc4)c4nc2C=C4)C=C3)cc1. The Labute approximate surface area is 490 Å². The van der Waals surface area contributed by atoms with Crippen molar-refractivity contribution >= 4 is 70.2 Å². The third-order valence-electron chi connectivity index (χ3n) is 15.7. The normalized spacial score (nSPS) is 11.8. The van der Waals surface area contributed by atoms with Gasteiger partial charge < -0.3 is 30.4 Å². The van der Waals surface area contributed by atoms with Gasteiger partial charge in [0.1, 0.15) is 26.2 Å². The van der Waals surface area contributed by atoms with Gasteiger partial charge in [0.05, 0.1) is 22.8 Å². The third kappa shape index (κ3) is 16.6. The number of nitrogens with zero attached hydrogens (tertiary/aromatic N) is 6. The second-order valence-corrected chi connectivity index (χ2v) is 22.0. The van der Waals surface area contributed by atoms with Gasteiger partial charge in [-0.3, -0.25) is 19.2 Å². The maximum absolute atomic E-state index is 11.1. The zero-order chi connectivity index (χ0) is 58.6. The molecule has 16 heteroatoms. The number of nitrogens with one attached hydrogen (secondary N) is 2. The average molecular weight is 1140 g/mol. The molecule has 0 unspecified atom stereocenters. The number of hydrogen-bond acceptors (Lipinski definition) is 6. The Bertz CT molecular complexity index is 3470. The van der Waals surface area contributed by atoms with Crippen LogP contribution in [0.4, 0.5) is 0 Å². The van der Waals surface area contributed by atoms with E-state index in [1.807, 2.05) is 0 Å². The summed E-state index contributed by atoms with van der Waals surface area (Å²) in [6.45, 7) is 3.25. The van der Waals surface area contributed by atoms with E-state index in [1.165, 1.54) is 0 Å². The van der Waals surface area contributed by atoms with Crippen LogP contribution in [0.25, 0.3) is 90.9 Å². The van der Waals surface area contributed by atoms with Crippen LogP contribution in [0.5, 0.6) is 0 Å². The smallest absolute Gasteiger partial charge is 0.303 e. The molecule has 0 fully saturated rings. The fourth-order valence-corrected chi connectivity index (χ4v) is 11.2. The summed E-state index contributed by atoms with van der Waals surface area (Å²) in [6, 6.07) is 25.7. The molecule has 0 aromatic carbocycles. The van der Waals surface area contributed by atoms with E-state index in [0.29, 0.717) is 25.7 Å². The van der Waals surface area contributed by atoms with Gasteiger partial charge in [0.25, 0.3) is 0 Å². The highest BCUT2D eigenvalue weighted by molar-refractivity contribution is 6.00. The number of carbonyl (C=O) groups is 4. The standard InChI is InChI=1S/C68H74N8O8/c77-61(78)17-9-1-5-13-37-73-41-29-49(30-42-73)65-53-21-23-55(69-53)66(50-31-43-74(44-32-50)38-14-6-2-10-18-62(79)80)57-25-27-59(71-57)68(52-35-47-76(48-36-52)40-16-8-4-12-20-64(83)84)60-28-26-58(72-60)67(56-24-22-54(65)70-56)51-33-45-75(46-34-51)39-15-7-3-11-19-63(81)82/h21-36,41-48H,1-20,37-40H2,(H2-3,69,70,71,72,77,78,79,80,81,82,83,84)/p+4. The van der Waals surface area contributed by atoms with Crippen molar-refractivity contribution in [1.29, 1.82) is 0 Å². The third-order valence-corrected chi connectivity index (χ3v) is 15.7. The molecule has 84 heavy (non-hydrogen) atoms. The lowest BCUT2D eigenvalue weighted by molar-refractivity contribution is -0.697. The van der Waals surface area contributed by atoms with Crippen molar-refractivity contribution in [2.75, 3.05) is 0 Å². The quantitative estimate of drug-likeness (QED) is 0.0173. The topological polar surface area (TPSA) is 222 Å². The summed E-state index contributed by atoms with van der Waals surface area (Å²) in [5.41, 5.74) is 14.4. The number of H-pyrrole nitrogens is 2. The van der Waals surface area contributed by atoms with Gasteiger partial charge >= 0.3 is 23.9 Å². The van der Waals surface area contributed by atoms with Crippen LogP contribution in [0.3, 0.4) is 0 Å². The van der Waals surface area contributed by atoms with E-state index in [2.05, 4.69) is 175 Å². The first-order chi connectivity index (χ1) is 40.9. The van der Waals surface area contributed by atoms with Crippen LogP contribution in [0, 0.1) is 0 Å². The predicted octanol–water partition coefficient (Wildman–Crippen LogP) is 12.6. The van der Waals surface area contributed by atoms with Crippen molar-refractivity contribution in [3.8, 4) is 44.5 Å². The Balaban J connectivity index is 1.17. The zero-order valence-electron chi connectivity index (χ0n) is 47.9. The Morgan fingerprint density at radius 1 is 0.298 bits per heavy atom. The van der Waals surface area contributed by atoms with E-state index in [0.717, 1.165) is 193 Å². The lowest BCUT2D eigenvalue weighted by Gasteiger charge is -2.07. The van der Waals surface area contributed by atoms with Crippen LogP contribution in [-0.2, 0) is 45.4 Å². The van der Waals surface area contributed by atoms with E-state index in [9.17, 15) is 19.2 Å². The number of aromatic nitrogens is 8. The number of carboxylic acids is 4. The molecule has 0 aliphatic carbocycles. The number of carboxylic acid groups (broad SMARTS) is 4. The minimum atomic E-state index is -0.756. The highest BCUT2D eigenvalue weighted by Gasteiger charge is 2.22. The molecule has 7 aromatic rings. The number of aliphatic carboxylic acids is 4. The Hall–Kier alpha value is -8.92. The fraction of sp³-hybridized carbons (Fsp3) is 0.353. The summed E-state index contributed by atoms with van der Waals surface area (Å²) >= 11 is 0. The van der Waals surface area contributed by atoms with E-state index in [4.69, 9.17) is 30.4 Å². The van der Waals surface area contributed by atoms with Gasteiger partial charge in [-0.1, -0.05) is 25.7 Å². The molecule has 0 atom stereocenters. The van der Waals surface area contributed by atoms with Crippen molar-refractivity contribution in [2.24, 2.45) is 0 Å². The molecule has 2 aliphatic rings.